The number of anilines is 1. The van der Waals surface area contributed by atoms with Crippen molar-refractivity contribution in [3.63, 3.8) is 0 Å². The first-order chi connectivity index (χ1) is 16.9. The molecule has 2 aliphatic rings. The van der Waals surface area contributed by atoms with E-state index in [0.29, 0.717) is 11.3 Å². The fraction of sp³-hybridized carbons (Fsp3) is 0.238. The van der Waals surface area contributed by atoms with Crippen LogP contribution in [0.25, 0.3) is 10.2 Å². The third-order valence-electron chi connectivity index (χ3n) is 5.55. The average Bonchev–Trinajstić information content (AvgIpc) is 3.49. The average molecular weight is 515 g/mol. The zero-order valence-electron chi connectivity index (χ0n) is 18.2. The van der Waals surface area contributed by atoms with Crippen molar-refractivity contribution in [2.45, 2.75) is 18.0 Å². The molecule has 2 atom stereocenters. The van der Waals surface area contributed by atoms with Gasteiger partial charge < -0.3 is 30.3 Å². The number of aliphatic carboxylic acids is 1. The number of nitrogens with two attached hydrogens (primary N) is 1. The molecule has 0 radical (unpaired) electrons. The molecule has 2 amide bonds. The molecule has 2 unspecified atom stereocenters. The molecule has 0 spiro atoms. The first-order valence-electron chi connectivity index (χ1n) is 10.3. The van der Waals surface area contributed by atoms with Gasteiger partial charge in [0, 0.05) is 29.5 Å². The maximum absolute atomic E-state index is 13.0. The Balaban J connectivity index is 1.38. The van der Waals surface area contributed by atoms with Gasteiger partial charge in [0.25, 0.3) is 11.8 Å². The molecule has 3 aromatic heterocycles. The zero-order valence-corrected chi connectivity index (χ0v) is 19.8. The molecule has 3 N–H and O–H groups in total. The van der Waals surface area contributed by atoms with E-state index >= 15 is 0 Å². The number of aromatic nitrogens is 2. The van der Waals surface area contributed by atoms with Crippen LogP contribution in [0.15, 0.2) is 56.8 Å². The molecule has 180 valence electrons. The number of nitrogens with zero attached hydrogens (tertiary/aromatic N) is 4. The zero-order chi connectivity index (χ0) is 24.7. The van der Waals surface area contributed by atoms with Crippen LogP contribution in [0.3, 0.4) is 0 Å². The van der Waals surface area contributed by atoms with Gasteiger partial charge in [0.05, 0.1) is 16.4 Å². The molecule has 3 aromatic rings. The molecule has 1 fully saturated rings. The molecule has 5 heterocycles. The molecule has 0 saturated carbocycles. The molecule has 2 aliphatic heterocycles. The Kier molecular flexibility index (Phi) is 5.90. The number of hydrogen-bond acceptors (Lipinski definition) is 11. The number of carbonyl (C=O) groups is 3. The van der Waals surface area contributed by atoms with Crippen LogP contribution in [0.5, 0.6) is 0 Å². The van der Waals surface area contributed by atoms with Gasteiger partial charge in [-0.2, -0.15) is 4.57 Å². The summed E-state index contributed by atoms with van der Waals surface area (Å²) in [6, 6.07) is 6.15. The SMILES string of the molecule is CO/N=C(/C(=O)NC1C(=O)N2C(C(=O)[O-])=C(C[n+]3cccc4sccc43)CSC12)c1cc(N)on1. The van der Waals surface area contributed by atoms with E-state index < -0.39 is 29.2 Å². The van der Waals surface area contributed by atoms with Crippen molar-refractivity contribution in [1.29, 1.82) is 0 Å². The minimum atomic E-state index is -1.44. The van der Waals surface area contributed by atoms with Gasteiger partial charge in [0.15, 0.2) is 18.5 Å². The number of fused-ring (bicyclic) bond motifs is 2. The molecule has 5 rings (SSSR count). The molecule has 12 nitrogen and oxygen atoms in total. The molecule has 0 aliphatic carbocycles. The van der Waals surface area contributed by atoms with Gasteiger partial charge in [-0.1, -0.05) is 10.3 Å². The maximum Gasteiger partial charge on any atom is 0.276 e. The number of thiophene rings is 1. The van der Waals surface area contributed by atoms with Crippen LogP contribution >= 0.6 is 23.1 Å². The first-order valence-corrected chi connectivity index (χ1v) is 12.2. The number of hydrogen-bond donors (Lipinski definition) is 2. The third kappa shape index (κ3) is 4.00. The van der Waals surface area contributed by atoms with Gasteiger partial charge >= 0.3 is 0 Å². The number of β-lactam (4-membered cyclic amide) rings is 1. The van der Waals surface area contributed by atoms with E-state index in [4.69, 9.17) is 15.1 Å². The quantitative estimate of drug-likeness (QED) is 0.178. The van der Waals surface area contributed by atoms with Gasteiger partial charge in [-0.25, -0.2) is 0 Å². The minimum absolute atomic E-state index is 0.0269. The molecular formula is C21H18N6O6S2. The van der Waals surface area contributed by atoms with Crippen LogP contribution in [0, 0.1) is 0 Å². The summed E-state index contributed by atoms with van der Waals surface area (Å²) in [7, 11) is 1.25. The molecule has 14 heteroatoms. The fourth-order valence-electron chi connectivity index (χ4n) is 4.03. The van der Waals surface area contributed by atoms with Gasteiger partial charge in [-0.15, -0.1) is 23.1 Å². The highest BCUT2D eigenvalue weighted by molar-refractivity contribution is 8.00. The van der Waals surface area contributed by atoms with Crippen LogP contribution < -0.4 is 20.7 Å². The highest BCUT2D eigenvalue weighted by Crippen LogP contribution is 2.40. The normalized spacial score (nSPS) is 20.0. The number of nitrogen functional groups attached to an aromatic ring is 1. The van der Waals surface area contributed by atoms with Crippen molar-refractivity contribution in [1.82, 2.24) is 15.4 Å². The Hall–Kier alpha value is -3.91. The van der Waals surface area contributed by atoms with Crippen molar-refractivity contribution >= 4 is 62.7 Å². The number of amides is 2. The Morgan fingerprint density at radius 3 is 3.00 bits per heavy atom. The lowest BCUT2D eigenvalue weighted by molar-refractivity contribution is -0.663. The summed E-state index contributed by atoms with van der Waals surface area (Å²) >= 11 is 2.94. The highest BCUT2D eigenvalue weighted by atomic mass is 32.2. The monoisotopic (exact) mass is 514 g/mol. The summed E-state index contributed by atoms with van der Waals surface area (Å²) in [5.74, 6) is -2.44. The fourth-order valence-corrected chi connectivity index (χ4v) is 6.18. The van der Waals surface area contributed by atoms with Crippen LogP contribution in [0.1, 0.15) is 5.69 Å². The summed E-state index contributed by atoms with van der Waals surface area (Å²) in [4.78, 5) is 43.8. The second-order valence-electron chi connectivity index (χ2n) is 7.64. The largest absolute Gasteiger partial charge is 0.543 e. The standard InChI is InChI=1S/C21H18N6O6S2/c1-32-25-15(11-7-14(22)33-24-11)18(28)23-16-19(29)27-17(21(30)31)10(9-35-20(16)27)8-26-5-2-3-13-12(26)4-6-34-13/h2-7,16,20H,8-9H2,1H3,(H3-,22,23,24,28,30,31)/b25-15+. The van der Waals surface area contributed by atoms with Crippen molar-refractivity contribution in [2.75, 3.05) is 18.6 Å². The molecule has 0 aromatic carbocycles. The molecule has 0 bridgehead atoms. The van der Waals surface area contributed by atoms with E-state index in [1.54, 1.807) is 11.3 Å². The summed E-state index contributed by atoms with van der Waals surface area (Å²) < 4.78 is 7.77. The maximum atomic E-state index is 13.0. The van der Waals surface area contributed by atoms with Crippen LogP contribution in [0.4, 0.5) is 5.88 Å². The topological polar surface area (TPSA) is 167 Å². The number of pyridine rings is 1. The number of nitrogens with one attached hydrogen (secondary N) is 1. The minimum Gasteiger partial charge on any atom is -0.543 e. The van der Waals surface area contributed by atoms with E-state index in [1.165, 1.54) is 29.8 Å². The number of carboxylic acids is 1. The second-order valence-corrected chi connectivity index (χ2v) is 9.70. The number of carboxylic acid groups (broad SMARTS) is 1. The van der Waals surface area contributed by atoms with E-state index in [0.717, 1.165) is 10.2 Å². The van der Waals surface area contributed by atoms with Gasteiger partial charge in [-0.3, -0.25) is 14.5 Å². The van der Waals surface area contributed by atoms with Gasteiger partial charge in [0.2, 0.25) is 11.4 Å². The van der Waals surface area contributed by atoms with E-state index in [9.17, 15) is 19.5 Å². The summed E-state index contributed by atoms with van der Waals surface area (Å²) in [6.07, 6.45) is 1.86. The number of rotatable bonds is 7. The van der Waals surface area contributed by atoms with E-state index in [-0.39, 0.29) is 29.5 Å². The number of thioether (sulfide) groups is 1. The van der Waals surface area contributed by atoms with E-state index in [1.807, 2.05) is 34.3 Å². The Morgan fingerprint density at radius 2 is 2.29 bits per heavy atom. The predicted octanol–water partition coefficient (Wildman–Crippen LogP) is -0.786. The van der Waals surface area contributed by atoms with Crippen LogP contribution in [0.2, 0.25) is 0 Å². The second kappa shape index (κ2) is 9.03. The predicted molar refractivity (Wildman–Crippen MR) is 124 cm³/mol. The Bertz CT molecular complexity index is 1410. The summed E-state index contributed by atoms with van der Waals surface area (Å²) in [5.41, 5.74) is 6.64. The molecule has 35 heavy (non-hydrogen) atoms. The number of carbonyl (C=O) groups excluding carboxylic acids is 3. The smallest absolute Gasteiger partial charge is 0.276 e. The third-order valence-corrected chi connectivity index (χ3v) is 7.76. The lowest BCUT2D eigenvalue weighted by atomic mass is 10.0. The Morgan fingerprint density at radius 1 is 1.46 bits per heavy atom. The number of oxime groups is 1. The molecular weight excluding hydrogens is 496 g/mol. The van der Waals surface area contributed by atoms with Crippen molar-refractivity contribution in [3.05, 3.63) is 52.8 Å². The van der Waals surface area contributed by atoms with Crippen molar-refractivity contribution in [2.24, 2.45) is 5.16 Å². The van der Waals surface area contributed by atoms with Crippen molar-refractivity contribution < 1.29 is 33.4 Å². The van der Waals surface area contributed by atoms with Crippen molar-refractivity contribution in [3.8, 4) is 0 Å². The first kappa shape index (κ1) is 22.9. The van der Waals surface area contributed by atoms with Gasteiger partial charge in [0.1, 0.15) is 24.2 Å². The van der Waals surface area contributed by atoms with E-state index in [2.05, 4.69) is 15.6 Å². The van der Waals surface area contributed by atoms with Gasteiger partial charge in [-0.05, 0) is 11.4 Å². The Labute approximate surface area is 206 Å². The lowest BCUT2D eigenvalue weighted by Gasteiger charge is -2.50. The van der Waals surface area contributed by atoms with Crippen LogP contribution in [-0.2, 0) is 25.8 Å². The highest BCUT2D eigenvalue weighted by Gasteiger charge is 2.53. The summed E-state index contributed by atoms with van der Waals surface area (Å²) in [5, 5.41) is 23.3. The summed E-state index contributed by atoms with van der Waals surface area (Å²) in [6.45, 7) is 0.288. The molecule has 1 saturated heterocycles. The lowest BCUT2D eigenvalue weighted by Crippen LogP contribution is -2.71. The van der Waals surface area contributed by atoms with Crippen LogP contribution in [-0.4, -0.2) is 57.8 Å².